The van der Waals surface area contributed by atoms with E-state index in [1.165, 1.54) is 15.6 Å². The Morgan fingerprint density at radius 2 is 2.00 bits per heavy atom. The van der Waals surface area contributed by atoms with Crippen LogP contribution in [0.15, 0.2) is 18.5 Å². The molecule has 0 spiro atoms. The van der Waals surface area contributed by atoms with Gasteiger partial charge in [0.15, 0.2) is 0 Å². The quantitative estimate of drug-likeness (QED) is 0.689. The summed E-state index contributed by atoms with van der Waals surface area (Å²) >= 11 is 7.88. The second-order valence-electron chi connectivity index (χ2n) is 3.80. The lowest BCUT2D eigenvalue weighted by molar-refractivity contribution is 0.281. The average Bonchev–Trinajstić information content (AvgIpc) is 2.64. The molecule has 1 aromatic rings. The number of sulfonamides is 1. The molecule has 0 bridgehead atoms. The molecule has 0 saturated heterocycles. The maximum absolute atomic E-state index is 12.3. The minimum absolute atomic E-state index is 0.152. The topological polar surface area (TPSA) is 57.6 Å². The monoisotopic (exact) mass is 419 g/mol. The van der Waals surface area contributed by atoms with Crippen molar-refractivity contribution in [1.82, 2.24) is 4.31 Å². The fourth-order valence-electron chi connectivity index (χ4n) is 1.41. The van der Waals surface area contributed by atoms with Crippen molar-refractivity contribution in [2.75, 3.05) is 20.2 Å². The first-order valence-corrected chi connectivity index (χ1v) is 9.26. The Bertz CT molecular complexity index is 487. The summed E-state index contributed by atoms with van der Waals surface area (Å²) < 4.78 is 27.3. The maximum Gasteiger partial charge on any atom is 0.244 e. The van der Waals surface area contributed by atoms with E-state index in [2.05, 4.69) is 31.9 Å². The molecule has 0 radical (unpaired) electrons. The molecule has 8 heteroatoms. The van der Waals surface area contributed by atoms with Crippen LogP contribution in [0.2, 0.25) is 0 Å². The Balaban J connectivity index is 2.71. The minimum Gasteiger partial charge on any atom is -0.396 e. The molecular formula is C10H15Br2NO3S2. The van der Waals surface area contributed by atoms with Crippen molar-refractivity contribution < 1.29 is 13.5 Å². The van der Waals surface area contributed by atoms with Crippen LogP contribution >= 0.6 is 43.2 Å². The highest BCUT2D eigenvalue weighted by Crippen LogP contribution is 2.36. The number of nitrogens with zero attached hydrogens (tertiary/aromatic N) is 1. The van der Waals surface area contributed by atoms with Gasteiger partial charge in [-0.05, 0) is 57.2 Å². The highest BCUT2D eigenvalue weighted by molar-refractivity contribution is 9.12. The van der Waals surface area contributed by atoms with Gasteiger partial charge >= 0.3 is 0 Å². The standard InChI is InChI=1S/C10H15Br2NO3S2/c1-13(5-3-2-4-6-14)18(15,16)8-7-9(11)17-10(8)12/h7,14H,2-6H2,1H3. The van der Waals surface area contributed by atoms with E-state index in [0.717, 1.165) is 16.6 Å². The van der Waals surface area contributed by atoms with Gasteiger partial charge in [0, 0.05) is 20.2 Å². The Labute approximate surface area is 128 Å². The zero-order valence-corrected chi connectivity index (χ0v) is 14.7. The lowest BCUT2D eigenvalue weighted by atomic mass is 10.2. The highest BCUT2D eigenvalue weighted by Gasteiger charge is 2.24. The van der Waals surface area contributed by atoms with Gasteiger partial charge in [0.25, 0.3) is 0 Å². The number of hydrogen-bond acceptors (Lipinski definition) is 4. The van der Waals surface area contributed by atoms with Gasteiger partial charge in [0.2, 0.25) is 10.0 Å². The Morgan fingerprint density at radius 3 is 2.50 bits per heavy atom. The third-order valence-electron chi connectivity index (χ3n) is 2.44. The molecule has 0 unspecified atom stereocenters. The van der Waals surface area contributed by atoms with Gasteiger partial charge in [-0.3, -0.25) is 0 Å². The molecule has 1 heterocycles. The zero-order chi connectivity index (χ0) is 13.8. The van der Waals surface area contributed by atoms with Crippen LogP contribution in [0, 0.1) is 0 Å². The summed E-state index contributed by atoms with van der Waals surface area (Å²) in [5.41, 5.74) is 0. The fraction of sp³-hybridized carbons (Fsp3) is 0.600. The molecule has 0 aliphatic carbocycles. The molecule has 18 heavy (non-hydrogen) atoms. The van der Waals surface area contributed by atoms with E-state index in [1.807, 2.05) is 0 Å². The summed E-state index contributed by atoms with van der Waals surface area (Å²) in [6, 6.07) is 1.61. The molecule has 0 saturated carbocycles. The van der Waals surface area contributed by atoms with Gasteiger partial charge in [-0.25, -0.2) is 12.7 Å². The van der Waals surface area contributed by atoms with E-state index >= 15 is 0 Å². The largest absolute Gasteiger partial charge is 0.396 e. The highest BCUT2D eigenvalue weighted by atomic mass is 79.9. The first-order valence-electron chi connectivity index (χ1n) is 5.41. The SMILES string of the molecule is CN(CCCCCO)S(=O)(=O)c1cc(Br)sc1Br. The Kier molecular flexibility index (Phi) is 6.77. The average molecular weight is 421 g/mol. The molecule has 4 nitrogen and oxygen atoms in total. The molecule has 0 amide bonds. The molecule has 0 aromatic carbocycles. The normalized spacial score (nSPS) is 12.3. The molecular weight excluding hydrogens is 406 g/mol. The molecule has 0 aliphatic rings. The van der Waals surface area contributed by atoms with Crippen molar-refractivity contribution in [3.8, 4) is 0 Å². The molecule has 0 fully saturated rings. The van der Waals surface area contributed by atoms with Crippen LogP contribution < -0.4 is 0 Å². The minimum atomic E-state index is -3.43. The van der Waals surface area contributed by atoms with Crippen LogP contribution in [0.4, 0.5) is 0 Å². The van der Waals surface area contributed by atoms with Crippen molar-refractivity contribution in [2.45, 2.75) is 24.2 Å². The second-order valence-corrected chi connectivity index (χ2v) is 9.56. The second kappa shape index (κ2) is 7.35. The lowest BCUT2D eigenvalue weighted by Gasteiger charge is -2.16. The van der Waals surface area contributed by atoms with Crippen LogP contribution in [0.1, 0.15) is 19.3 Å². The van der Waals surface area contributed by atoms with E-state index in [4.69, 9.17) is 5.11 Å². The van der Waals surface area contributed by atoms with E-state index in [0.29, 0.717) is 21.6 Å². The number of hydrogen-bond donors (Lipinski definition) is 1. The first-order chi connectivity index (χ1) is 8.39. The Hall–Kier alpha value is 0.530. The summed E-state index contributed by atoms with van der Waals surface area (Å²) in [5, 5.41) is 8.67. The summed E-state index contributed by atoms with van der Waals surface area (Å²) in [6.45, 7) is 0.613. The summed E-state index contributed by atoms with van der Waals surface area (Å²) in [4.78, 5) is 0.295. The molecule has 1 N–H and O–H groups in total. The van der Waals surface area contributed by atoms with E-state index in [9.17, 15) is 8.42 Å². The van der Waals surface area contributed by atoms with Crippen molar-refractivity contribution in [1.29, 1.82) is 0 Å². The Morgan fingerprint density at radius 1 is 1.33 bits per heavy atom. The van der Waals surface area contributed by atoms with E-state index < -0.39 is 10.0 Å². The smallest absolute Gasteiger partial charge is 0.244 e. The van der Waals surface area contributed by atoms with Crippen LogP contribution in [0.3, 0.4) is 0 Å². The predicted octanol–water partition coefficient (Wildman–Crippen LogP) is 3.06. The molecule has 104 valence electrons. The van der Waals surface area contributed by atoms with Crippen LogP contribution in [0.5, 0.6) is 0 Å². The van der Waals surface area contributed by atoms with Gasteiger partial charge in [0.1, 0.15) is 4.90 Å². The predicted molar refractivity (Wildman–Crippen MR) is 80.5 cm³/mol. The number of thiophene rings is 1. The summed E-state index contributed by atoms with van der Waals surface area (Å²) in [5.74, 6) is 0. The number of halogens is 2. The number of unbranched alkanes of at least 4 members (excludes halogenated alkanes) is 2. The van der Waals surface area contributed by atoms with Crippen LogP contribution in [0.25, 0.3) is 0 Å². The number of aliphatic hydroxyl groups is 1. The number of rotatable bonds is 7. The van der Waals surface area contributed by atoms with E-state index in [-0.39, 0.29) is 6.61 Å². The van der Waals surface area contributed by atoms with Crippen molar-refractivity contribution in [3.63, 3.8) is 0 Å². The maximum atomic E-state index is 12.3. The van der Waals surface area contributed by atoms with Gasteiger partial charge in [-0.15, -0.1) is 11.3 Å². The first kappa shape index (κ1) is 16.6. The molecule has 1 aromatic heterocycles. The third-order valence-corrected chi connectivity index (χ3v) is 7.06. The van der Waals surface area contributed by atoms with Crippen molar-refractivity contribution in [3.05, 3.63) is 13.6 Å². The lowest BCUT2D eigenvalue weighted by Crippen LogP contribution is -2.27. The van der Waals surface area contributed by atoms with Gasteiger partial charge in [-0.2, -0.15) is 0 Å². The van der Waals surface area contributed by atoms with E-state index in [1.54, 1.807) is 13.1 Å². The van der Waals surface area contributed by atoms with Gasteiger partial charge in [-0.1, -0.05) is 0 Å². The van der Waals surface area contributed by atoms with Crippen LogP contribution in [-0.4, -0.2) is 38.0 Å². The fourth-order valence-corrected chi connectivity index (χ4v) is 6.38. The van der Waals surface area contributed by atoms with Crippen molar-refractivity contribution in [2.24, 2.45) is 0 Å². The van der Waals surface area contributed by atoms with Crippen molar-refractivity contribution >= 4 is 53.2 Å². The molecule has 0 aliphatic heterocycles. The van der Waals surface area contributed by atoms with Crippen LogP contribution in [-0.2, 0) is 10.0 Å². The zero-order valence-electron chi connectivity index (χ0n) is 9.90. The van der Waals surface area contributed by atoms with Gasteiger partial charge < -0.3 is 5.11 Å². The molecule has 1 rings (SSSR count). The molecule has 0 atom stereocenters. The summed E-state index contributed by atoms with van der Waals surface area (Å²) in [7, 11) is -1.86. The number of aliphatic hydroxyl groups excluding tert-OH is 1. The third kappa shape index (κ3) is 4.28. The summed E-state index contributed by atoms with van der Waals surface area (Å²) in [6.07, 6.45) is 2.28. The van der Waals surface area contributed by atoms with Gasteiger partial charge in [0.05, 0.1) is 7.57 Å².